The van der Waals surface area contributed by atoms with Gasteiger partial charge in [-0.3, -0.25) is 0 Å². The van der Waals surface area contributed by atoms with Gasteiger partial charge >= 0.3 is 0 Å². The normalized spacial score (nSPS) is 10.8. The number of aryl methyl sites for hydroxylation is 2. The predicted octanol–water partition coefficient (Wildman–Crippen LogP) is 3.37. The van der Waals surface area contributed by atoms with Gasteiger partial charge in [0.15, 0.2) is 0 Å². The van der Waals surface area contributed by atoms with Gasteiger partial charge in [-0.15, -0.1) is 11.3 Å². The fraction of sp³-hybridized carbons (Fsp3) is 0.417. The highest BCUT2D eigenvalue weighted by Gasteiger charge is 2.06. The molecule has 0 unspecified atom stereocenters. The Morgan fingerprint density at radius 1 is 1.35 bits per heavy atom. The molecule has 0 saturated heterocycles. The predicted molar refractivity (Wildman–Crippen MR) is 73.2 cm³/mol. The zero-order chi connectivity index (χ0) is 12.4. The van der Waals surface area contributed by atoms with E-state index in [-0.39, 0.29) is 0 Å². The largest absolute Gasteiger partial charge is 0.347 e. The molecular weight excluding hydrogens is 250 g/mol. The van der Waals surface area contributed by atoms with E-state index in [1.54, 1.807) is 11.3 Å². The summed E-state index contributed by atoms with van der Waals surface area (Å²) in [5.74, 6) is 0.898. The molecule has 2 rings (SSSR count). The fourth-order valence-corrected chi connectivity index (χ4v) is 2.85. The maximum absolute atomic E-state index is 5.30. The second-order valence-electron chi connectivity index (χ2n) is 3.98. The number of rotatable bonds is 3. The van der Waals surface area contributed by atoms with Crippen molar-refractivity contribution in [2.45, 2.75) is 33.6 Å². The van der Waals surface area contributed by atoms with E-state index in [0.29, 0.717) is 4.64 Å². The van der Waals surface area contributed by atoms with Crippen molar-refractivity contribution in [2.24, 2.45) is 0 Å². The van der Waals surface area contributed by atoms with Gasteiger partial charge in [-0.25, -0.2) is 9.97 Å². The van der Waals surface area contributed by atoms with E-state index in [1.165, 1.54) is 0 Å². The Morgan fingerprint density at radius 3 is 2.65 bits per heavy atom. The molecule has 0 aliphatic rings. The Bertz CT molecular complexity index is 584. The lowest BCUT2D eigenvalue weighted by molar-refractivity contribution is 0.882. The summed E-state index contributed by atoms with van der Waals surface area (Å²) in [4.78, 5) is 12.2. The molecule has 2 aromatic rings. The number of H-pyrrole nitrogens is 1. The van der Waals surface area contributed by atoms with Crippen molar-refractivity contribution in [3.63, 3.8) is 0 Å². The molecule has 0 spiro atoms. The molecular formula is C12H15N3S2. The molecule has 2 heterocycles. The van der Waals surface area contributed by atoms with E-state index >= 15 is 0 Å². The van der Waals surface area contributed by atoms with Crippen molar-refractivity contribution >= 4 is 23.6 Å². The third-order valence-corrected chi connectivity index (χ3v) is 3.81. The first-order valence-corrected chi connectivity index (χ1v) is 6.88. The summed E-state index contributed by atoms with van der Waals surface area (Å²) in [7, 11) is 0. The lowest BCUT2D eigenvalue weighted by Crippen LogP contribution is -2.03. The van der Waals surface area contributed by atoms with Gasteiger partial charge in [-0.05, 0) is 20.3 Å². The summed E-state index contributed by atoms with van der Waals surface area (Å²) < 4.78 is 0.714. The average Bonchev–Trinajstić information content (AvgIpc) is 2.63. The van der Waals surface area contributed by atoms with Gasteiger partial charge in [0.2, 0.25) is 0 Å². The highest BCUT2D eigenvalue weighted by molar-refractivity contribution is 7.71. The van der Waals surface area contributed by atoms with Gasteiger partial charge < -0.3 is 4.98 Å². The first-order chi connectivity index (χ1) is 8.10. The van der Waals surface area contributed by atoms with Crippen LogP contribution in [0.15, 0.2) is 5.38 Å². The molecule has 0 aliphatic carbocycles. The SMILES string of the molecule is CCc1c(C)[nH]c(Cc2csc(C)n2)nc1=S. The van der Waals surface area contributed by atoms with Gasteiger partial charge in [-0.2, -0.15) is 0 Å². The van der Waals surface area contributed by atoms with Gasteiger partial charge in [0.1, 0.15) is 10.5 Å². The van der Waals surface area contributed by atoms with Crippen molar-refractivity contribution in [1.82, 2.24) is 15.0 Å². The topological polar surface area (TPSA) is 41.6 Å². The van der Waals surface area contributed by atoms with Crippen molar-refractivity contribution in [3.05, 3.63) is 37.8 Å². The van der Waals surface area contributed by atoms with Crippen LogP contribution in [0.25, 0.3) is 0 Å². The summed E-state index contributed by atoms with van der Waals surface area (Å²) in [6.07, 6.45) is 1.64. The number of hydrogen-bond acceptors (Lipinski definition) is 4. The van der Waals surface area contributed by atoms with Gasteiger partial charge in [0, 0.05) is 23.1 Å². The molecule has 0 bridgehead atoms. The summed E-state index contributed by atoms with van der Waals surface area (Å²) in [6, 6.07) is 0. The number of nitrogens with zero attached hydrogens (tertiary/aromatic N) is 2. The number of thiazole rings is 1. The van der Waals surface area contributed by atoms with Crippen LogP contribution >= 0.6 is 23.6 Å². The minimum atomic E-state index is 0.714. The second-order valence-corrected chi connectivity index (χ2v) is 5.43. The number of nitrogens with one attached hydrogen (secondary N) is 1. The van der Waals surface area contributed by atoms with Crippen LogP contribution in [0, 0.1) is 18.5 Å². The average molecular weight is 265 g/mol. The Morgan fingerprint density at radius 2 is 2.12 bits per heavy atom. The van der Waals surface area contributed by atoms with E-state index in [2.05, 4.69) is 27.3 Å². The summed E-state index contributed by atoms with van der Waals surface area (Å²) in [6.45, 7) is 6.15. The monoisotopic (exact) mass is 265 g/mol. The number of hydrogen-bond donors (Lipinski definition) is 1. The van der Waals surface area contributed by atoms with E-state index in [4.69, 9.17) is 12.2 Å². The van der Waals surface area contributed by atoms with E-state index in [9.17, 15) is 0 Å². The maximum Gasteiger partial charge on any atom is 0.133 e. The maximum atomic E-state index is 5.30. The molecule has 17 heavy (non-hydrogen) atoms. The fourth-order valence-electron chi connectivity index (χ4n) is 1.83. The highest BCUT2D eigenvalue weighted by Crippen LogP contribution is 2.13. The Labute approximate surface area is 110 Å². The first kappa shape index (κ1) is 12.4. The molecule has 0 fully saturated rings. The standard InChI is InChI=1S/C12H15N3S2/c1-4-10-7(2)13-11(15-12(10)16)5-9-6-17-8(3)14-9/h6H,4-5H2,1-3H3,(H,13,15,16). The van der Waals surface area contributed by atoms with Crippen molar-refractivity contribution < 1.29 is 0 Å². The number of aromatic amines is 1. The third kappa shape index (κ3) is 2.79. The van der Waals surface area contributed by atoms with Crippen LogP contribution < -0.4 is 0 Å². The van der Waals surface area contributed by atoms with E-state index in [1.807, 2.05) is 13.8 Å². The summed E-state index contributed by atoms with van der Waals surface area (Å²) >= 11 is 6.96. The Kier molecular flexibility index (Phi) is 3.69. The van der Waals surface area contributed by atoms with Crippen molar-refractivity contribution in [2.75, 3.05) is 0 Å². The molecule has 0 saturated carbocycles. The Balaban J connectivity index is 2.32. The van der Waals surface area contributed by atoms with Crippen LogP contribution in [0.3, 0.4) is 0 Å². The van der Waals surface area contributed by atoms with Crippen LogP contribution in [-0.4, -0.2) is 15.0 Å². The van der Waals surface area contributed by atoms with Crippen LogP contribution in [0.5, 0.6) is 0 Å². The highest BCUT2D eigenvalue weighted by atomic mass is 32.1. The molecule has 1 N–H and O–H groups in total. The molecule has 0 radical (unpaired) electrons. The lowest BCUT2D eigenvalue weighted by Gasteiger charge is -2.06. The smallest absolute Gasteiger partial charge is 0.133 e. The second kappa shape index (κ2) is 5.06. The van der Waals surface area contributed by atoms with Crippen LogP contribution in [0.2, 0.25) is 0 Å². The molecule has 0 atom stereocenters. The van der Waals surface area contributed by atoms with Gasteiger partial charge in [-0.1, -0.05) is 19.1 Å². The van der Waals surface area contributed by atoms with Crippen molar-refractivity contribution in [3.8, 4) is 0 Å². The molecule has 0 aromatic carbocycles. The minimum Gasteiger partial charge on any atom is -0.347 e. The van der Waals surface area contributed by atoms with E-state index < -0.39 is 0 Å². The van der Waals surface area contributed by atoms with Crippen LogP contribution in [0.4, 0.5) is 0 Å². The quantitative estimate of drug-likeness (QED) is 0.865. The molecule has 5 heteroatoms. The van der Waals surface area contributed by atoms with Crippen LogP contribution in [-0.2, 0) is 12.8 Å². The third-order valence-electron chi connectivity index (χ3n) is 2.65. The molecule has 90 valence electrons. The summed E-state index contributed by atoms with van der Waals surface area (Å²) in [5.41, 5.74) is 3.31. The van der Waals surface area contributed by atoms with Crippen molar-refractivity contribution in [1.29, 1.82) is 0 Å². The zero-order valence-corrected chi connectivity index (χ0v) is 11.8. The van der Waals surface area contributed by atoms with Gasteiger partial charge in [0.25, 0.3) is 0 Å². The molecule has 0 aliphatic heterocycles. The minimum absolute atomic E-state index is 0.714. The van der Waals surface area contributed by atoms with E-state index in [0.717, 1.165) is 40.6 Å². The van der Waals surface area contributed by atoms with Gasteiger partial charge in [0.05, 0.1) is 10.7 Å². The lowest BCUT2D eigenvalue weighted by atomic mass is 10.2. The first-order valence-electron chi connectivity index (χ1n) is 5.59. The molecule has 3 nitrogen and oxygen atoms in total. The number of aromatic nitrogens is 3. The van der Waals surface area contributed by atoms with Crippen LogP contribution in [0.1, 0.15) is 34.7 Å². The summed E-state index contributed by atoms with van der Waals surface area (Å²) in [5, 5.41) is 3.15. The Hall–Kier alpha value is -1.07. The molecule has 2 aromatic heterocycles. The zero-order valence-electron chi connectivity index (χ0n) is 10.2. The molecule has 0 amide bonds.